The fourth-order valence-electron chi connectivity index (χ4n) is 1.91. The van der Waals surface area contributed by atoms with Crippen LogP contribution in [0.15, 0.2) is 11.7 Å². The van der Waals surface area contributed by atoms with Gasteiger partial charge >= 0.3 is 0 Å². The van der Waals surface area contributed by atoms with E-state index >= 15 is 0 Å². The molecule has 17 heavy (non-hydrogen) atoms. The molecule has 2 rings (SSSR count). The molecule has 1 saturated heterocycles. The van der Waals surface area contributed by atoms with Gasteiger partial charge in [-0.25, -0.2) is 0 Å². The van der Waals surface area contributed by atoms with Crippen LogP contribution in [0.5, 0.6) is 0 Å². The summed E-state index contributed by atoms with van der Waals surface area (Å²) in [4.78, 5) is 18.6. The summed E-state index contributed by atoms with van der Waals surface area (Å²) in [5, 5.41) is 0.868. The van der Waals surface area contributed by atoms with Crippen LogP contribution in [0.25, 0.3) is 0 Å². The lowest BCUT2D eigenvalue weighted by Crippen LogP contribution is -2.40. The van der Waals surface area contributed by atoms with Gasteiger partial charge in [0.15, 0.2) is 0 Å². The van der Waals surface area contributed by atoms with E-state index in [1.54, 1.807) is 11.7 Å². The molecule has 1 aliphatic rings. The minimum atomic E-state index is 0.103. The molecular weight excluding hydrogens is 304 g/mol. The topological polar surface area (TPSA) is 42.4 Å². The zero-order valence-electron chi connectivity index (χ0n) is 9.47. The molecule has 1 fully saturated rings. The molecule has 0 N–H and O–H groups in total. The third kappa shape index (κ3) is 3.50. The summed E-state index contributed by atoms with van der Waals surface area (Å²) in [7, 11) is 0. The number of halogens is 1. The van der Waals surface area contributed by atoms with Crippen molar-refractivity contribution < 1.29 is 9.53 Å². The predicted octanol–water partition coefficient (Wildman–Crippen LogP) is 2.16. The second-order valence-corrected chi connectivity index (χ2v) is 5.60. The Morgan fingerprint density at radius 2 is 2.35 bits per heavy atom. The summed E-state index contributed by atoms with van der Waals surface area (Å²) in [6.07, 6.45) is 3.80. The number of amides is 1. The van der Waals surface area contributed by atoms with Gasteiger partial charge in [0.1, 0.15) is 4.88 Å². The number of likely N-dealkylation sites (tertiary alicyclic amines) is 1. The lowest BCUT2D eigenvalue weighted by molar-refractivity contribution is 0.0161. The predicted molar refractivity (Wildman–Crippen MR) is 70.8 cm³/mol. The van der Waals surface area contributed by atoms with Crippen molar-refractivity contribution in [1.29, 1.82) is 0 Å². The maximum absolute atomic E-state index is 12.0. The number of ether oxygens (including phenoxy) is 1. The standard InChI is InChI=1S/C11H15BrN2O2S/c12-3-6-16-9-1-4-14(5-2-9)11(15)10-7-13-8-17-10/h7-9H,1-6H2. The van der Waals surface area contributed by atoms with E-state index in [9.17, 15) is 4.79 Å². The molecule has 0 unspecified atom stereocenters. The lowest BCUT2D eigenvalue weighted by atomic mass is 10.1. The van der Waals surface area contributed by atoms with Gasteiger partial charge < -0.3 is 9.64 Å². The van der Waals surface area contributed by atoms with Crippen molar-refractivity contribution in [3.05, 3.63) is 16.6 Å². The Bertz CT molecular complexity index is 350. The van der Waals surface area contributed by atoms with Gasteiger partial charge in [0.05, 0.1) is 24.4 Å². The van der Waals surface area contributed by atoms with E-state index in [2.05, 4.69) is 20.9 Å². The minimum Gasteiger partial charge on any atom is -0.377 e. The number of hydrogen-bond donors (Lipinski definition) is 0. The highest BCUT2D eigenvalue weighted by molar-refractivity contribution is 9.09. The third-order valence-electron chi connectivity index (χ3n) is 2.80. The molecule has 0 atom stereocenters. The van der Waals surface area contributed by atoms with Crippen molar-refractivity contribution in [3.63, 3.8) is 0 Å². The maximum Gasteiger partial charge on any atom is 0.265 e. The molecule has 0 radical (unpaired) electrons. The molecule has 0 bridgehead atoms. The first-order valence-electron chi connectivity index (χ1n) is 5.66. The van der Waals surface area contributed by atoms with Gasteiger partial charge in [-0.1, -0.05) is 15.9 Å². The molecule has 94 valence electrons. The molecule has 1 aromatic rings. The molecule has 0 aliphatic carbocycles. The highest BCUT2D eigenvalue weighted by Gasteiger charge is 2.24. The highest BCUT2D eigenvalue weighted by Crippen LogP contribution is 2.17. The Labute approximate surface area is 113 Å². The van der Waals surface area contributed by atoms with Crippen molar-refractivity contribution in [3.8, 4) is 0 Å². The van der Waals surface area contributed by atoms with Gasteiger partial charge in [-0.3, -0.25) is 9.78 Å². The summed E-state index contributed by atoms with van der Waals surface area (Å²) in [6.45, 7) is 2.31. The highest BCUT2D eigenvalue weighted by atomic mass is 79.9. The molecular formula is C11H15BrN2O2S. The number of hydrogen-bond acceptors (Lipinski definition) is 4. The van der Waals surface area contributed by atoms with Crippen LogP contribution in [0.2, 0.25) is 0 Å². The van der Waals surface area contributed by atoms with E-state index in [4.69, 9.17) is 4.74 Å². The van der Waals surface area contributed by atoms with Crippen LogP contribution < -0.4 is 0 Å². The summed E-state index contributed by atoms with van der Waals surface area (Å²) in [5.41, 5.74) is 1.69. The Morgan fingerprint density at radius 3 is 2.94 bits per heavy atom. The molecule has 1 aromatic heterocycles. The molecule has 4 nitrogen and oxygen atoms in total. The van der Waals surface area contributed by atoms with Gasteiger partial charge in [-0.2, -0.15) is 0 Å². The first-order chi connectivity index (χ1) is 8.31. The Kier molecular flexibility index (Phi) is 4.94. The lowest BCUT2D eigenvalue weighted by Gasteiger charge is -2.31. The van der Waals surface area contributed by atoms with E-state index in [1.807, 2.05) is 4.90 Å². The van der Waals surface area contributed by atoms with E-state index in [-0.39, 0.29) is 5.91 Å². The van der Waals surface area contributed by atoms with E-state index < -0.39 is 0 Å². The van der Waals surface area contributed by atoms with Crippen molar-refractivity contribution in [2.24, 2.45) is 0 Å². The van der Waals surface area contributed by atoms with E-state index in [1.165, 1.54) is 11.3 Å². The largest absolute Gasteiger partial charge is 0.377 e. The van der Waals surface area contributed by atoms with Gasteiger partial charge in [0, 0.05) is 18.4 Å². The second-order valence-electron chi connectivity index (χ2n) is 3.92. The molecule has 1 aliphatic heterocycles. The van der Waals surface area contributed by atoms with E-state index in [0.717, 1.165) is 42.7 Å². The summed E-state index contributed by atoms with van der Waals surface area (Å²) >= 11 is 4.74. The van der Waals surface area contributed by atoms with Crippen LogP contribution in [0.3, 0.4) is 0 Å². The SMILES string of the molecule is O=C(c1cncs1)N1CCC(OCCBr)CC1. The van der Waals surface area contributed by atoms with Crippen molar-refractivity contribution >= 4 is 33.2 Å². The van der Waals surface area contributed by atoms with Crippen LogP contribution in [0.4, 0.5) is 0 Å². The second kappa shape index (κ2) is 6.47. The van der Waals surface area contributed by atoms with Gasteiger partial charge in [0.25, 0.3) is 5.91 Å². The maximum atomic E-state index is 12.0. The van der Waals surface area contributed by atoms with Crippen LogP contribution in [-0.4, -0.2) is 46.9 Å². The Morgan fingerprint density at radius 1 is 1.59 bits per heavy atom. The number of carbonyl (C=O) groups is 1. The molecule has 0 spiro atoms. The monoisotopic (exact) mass is 318 g/mol. The van der Waals surface area contributed by atoms with Crippen molar-refractivity contribution in [2.75, 3.05) is 25.0 Å². The summed E-state index contributed by atoms with van der Waals surface area (Å²) in [5.74, 6) is 0.103. The normalized spacial score (nSPS) is 17.4. The number of aromatic nitrogens is 1. The molecule has 0 aromatic carbocycles. The van der Waals surface area contributed by atoms with Crippen LogP contribution in [-0.2, 0) is 4.74 Å². The fraction of sp³-hybridized carbons (Fsp3) is 0.636. The average molecular weight is 319 g/mol. The van der Waals surface area contributed by atoms with Crippen molar-refractivity contribution in [2.45, 2.75) is 18.9 Å². The van der Waals surface area contributed by atoms with Gasteiger partial charge in [-0.05, 0) is 12.8 Å². The zero-order valence-corrected chi connectivity index (χ0v) is 11.9. The van der Waals surface area contributed by atoms with Crippen molar-refractivity contribution in [1.82, 2.24) is 9.88 Å². The number of rotatable bonds is 4. The number of thiazole rings is 1. The molecule has 6 heteroatoms. The zero-order chi connectivity index (χ0) is 12.1. The first-order valence-corrected chi connectivity index (χ1v) is 7.66. The smallest absolute Gasteiger partial charge is 0.265 e. The quantitative estimate of drug-likeness (QED) is 0.799. The number of piperidine rings is 1. The summed E-state index contributed by atoms with van der Waals surface area (Å²) in [6, 6.07) is 0. The van der Waals surface area contributed by atoms with Gasteiger partial charge in [-0.15, -0.1) is 11.3 Å². The fourth-order valence-corrected chi connectivity index (χ4v) is 2.69. The van der Waals surface area contributed by atoms with Crippen LogP contribution in [0, 0.1) is 0 Å². The number of alkyl halides is 1. The Balaban J connectivity index is 1.81. The first kappa shape index (κ1) is 13.0. The summed E-state index contributed by atoms with van der Waals surface area (Å²) < 4.78 is 5.66. The molecule has 1 amide bonds. The minimum absolute atomic E-state index is 0.103. The number of carbonyl (C=O) groups excluding carboxylic acids is 1. The third-order valence-corrected chi connectivity index (χ3v) is 3.89. The Hall–Kier alpha value is -0.460. The van der Waals surface area contributed by atoms with Crippen LogP contribution >= 0.6 is 27.3 Å². The van der Waals surface area contributed by atoms with Crippen LogP contribution in [0.1, 0.15) is 22.5 Å². The number of nitrogens with zero attached hydrogens (tertiary/aromatic N) is 2. The van der Waals surface area contributed by atoms with E-state index in [0.29, 0.717) is 6.10 Å². The van der Waals surface area contributed by atoms with Gasteiger partial charge in [0.2, 0.25) is 0 Å². The molecule has 0 saturated carbocycles. The average Bonchev–Trinajstić information content (AvgIpc) is 2.90. The molecule has 2 heterocycles.